The third-order valence-electron chi connectivity index (χ3n) is 5.18. The molecule has 152 valence electrons. The minimum atomic E-state index is -0.828. The topological polar surface area (TPSA) is 64.6 Å². The molecule has 3 aromatic rings. The van der Waals surface area contributed by atoms with Gasteiger partial charge in [-0.2, -0.15) is 0 Å². The number of ether oxygens (including phenoxy) is 2. The van der Waals surface area contributed by atoms with Crippen LogP contribution in [0, 0.1) is 0 Å². The SMILES string of the molecule is COc1ccc(NC(=O)C(Oc2ccc3c(c2)CCCC3=O)c2ccccc2)cc1. The first-order chi connectivity index (χ1) is 14.6. The van der Waals surface area contributed by atoms with E-state index in [0.29, 0.717) is 23.6 Å². The van der Waals surface area contributed by atoms with E-state index in [9.17, 15) is 9.59 Å². The van der Waals surface area contributed by atoms with Gasteiger partial charge in [0.2, 0.25) is 6.10 Å². The second kappa shape index (κ2) is 8.82. The molecule has 0 spiro atoms. The zero-order valence-electron chi connectivity index (χ0n) is 16.8. The first-order valence-corrected chi connectivity index (χ1v) is 9.96. The summed E-state index contributed by atoms with van der Waals surface area (Å²) < 4.78 is 11.3. The summed E-state index contributed by atoms with van der Waals surface area (Å²) in [6, 6.07) is 21.9. The molecule has 0 fully saturated rings. The highest BCUT2D eigenvalue weighted by Crippen LogP contribution is 2.29. The van der Waals surface area contributed by atoms with Crippen LogP contribution in [0.4, 0.5) is 5.69 Å². The first-order valence-electron chi connectivity index (χ1n) is 9.96. The lowest BCUT2D eigenvalue weighted by Gasteiger charge is -2.21. The normalized spacial score (nSPS) is 13.8. The number of amides is 1. The summed E-state index contributed by atoms with van der Waals surface area (Å²) in [5.41, 5.74) is 3.14. The van der Waals surface area contributed by atoms with E-state index in [4.69, 9.17) is 9.47 Å². The Labute approximate surface area is 175 Å². The van der Waals surface area contributed by atoms with Crippen molar-refractivity contribution in [2.24, 2.45) is 0 Å². The van der Waals surface area contributed by atoms with E-state index in [-0.39, 0.29) is 11.7 Å². The highest BCUT2D eigenvalue weighted by Gasteiger charge is 2.24. The molecule has 1 amide bonds. The zero-order chi connectivity index (χ0) is 20.9. The summed E-state index contributed by atoms with van der Waals surface area (Å²) in [7, 11) is 1.60. The van der Waals surface area contributed by atoms with Gasteiger partial charge in [-0.25, -0.2) is 0 Å². The molecular weight excluding hydrogens is 378 g/mol. The van der Waals surface area contributed by atoms with Crippen molar-refractivity contribution in [2.45, 2.75) is 25.4 Å². The molecule has 1 aliphatic carbocycles. The van der Waals surface area contributed by atoms with Crippen LogP contribution >= 0.6 is 0 Å². The number of hydrogen-bond acceptors (Lipinski definition) is 4. The van der Waals surface area contributed by atoms with E-state index in [0.717, 1.165) is 29.5 Å². The summed E-state index contributed by atoms with van der Waals surface area (Å²) in [6.45, 7) is 0. The maximum Gasteiger partial charge on any atom is 0.270 e. The van der Waals surface area contributed by atoms with Crippen molar-refractivity contribution in [2.75, 3.05) is 12.4 Å². The minimum absolute atomic E-state index is 0.166. The smallest absolute Gasteiger partial charge is 0.270 e. The predicted octanol–water partition coefficient (Wildman–Crippen LogP) is 4.97. The van der Waals surface area contributed by atoms with Crippen LogP contribution < -0.4 is 14.8 Å². The number of benzene rings is 3. The molecule has 5 heteroatoms. The van der Waals surface area contributed by atoms with Crippen molar-refractivity contribution in [3.05, 3.63) is 89.5 Å². The average Bonchev–Trinajstić information content (AvgIpc) is 2.78. The summed E-state index contributed by atoms with van der Waals surface area (Å²) in [5, 5.41) is 2.91. The van der Waals surface area contributed by atoms with Crippen LogP contribution in [-0.4, -0.2) is 18.8 Å². The molecule has 1 unspecified atom stereocenters. The van der Waals surface area contributed by atoms with Gasteiger partial charge in [0.15, 0.2) is 5.78 Å². The quantitative estimate of drug-likeness (QED) is 0.633. The van der Waals surface area contributed by atoms with Crippen molar-refractivity contribution in [3.8, 4) is 11.5 Å². The zero-order valence-corrected chi connectivity index (χ0v) is 16.8. The number of aryl methyl sites for hydroxylation is 1. The number of fused-ring (bicyclic) bond motifs is 1. The molecule has 4 rings (SSSR count). The number of rotatable bonds is 6. The molecule has 0 bridgehead atoms. The van der Waals surface area contributed by atoms with Gasteiger partial charge < -0.3 is 14.8 Å². The van der Waals surface area contributed by atoms with Crippen LogP contribution in [0.5, 0.6) is 11.5 Å². The number of carbonyl (C=O) groups is 2. The summed E-state index contributed by atoms with van der Waals surface area (Å²) >= 11 is 0. The molecular formula is C25H23NO4. The highest BCUT2D eigenvalue weighted by molar-refractivity contribution is 5.98. The van der Waals surface area contributed by atoms with Gasteiger partial charge in [0.25, 0.3) is 5.91 Å². The molecule has 30 heavy (non-hydrogen) atoms. The number of nitrogens with one attached hydrogen (secondary N) is 1. The molecule has 0 heterocycles. The van der Waals surface area contributed by atoms with Gasteiger partial charge in [-0.15, -0.1) is 0 Å². The molecule has 0 aliphatic heterocycles. The number of hydrogen-bond donors (Lipinski definition) is 1. The van der Waals surface area contributed by atoms with E-state index < -0.39 is 6.10 Å². The first kappa shape index (κ1) is 19.7. The Morgan fingerprint density at radius 1 is 0.933 bits per heavy atom. The molecule has 3 aromatic carbocycles. The van der Waals surface area contributed by atoms with Crippen molar-refractivity contribution >= 4 is 17.4 Å². The minimum Gasteiger partial charge on any atom is -0.497 e. The van der Waals surface area contributed by atoms with Crippen molar-refractivity contribution in [3.63, 3.8) is 0 Å². The van der Waals surface area contributed by atoms with Gasteiger partial charge in [-0.1, -0.05) is 30.3 Å². The number of Topliss-reactive ketones (excluding diaryl/α,β-unsaturated/α-hetero) is 1. The van der Waals surface area contributed by atoms with Crippen LogP contribution in [0.2, 0.25) is 0 Å². The monoisotopic (exact) mass is 401 g/mol. The molecule has 0 saturated carbocycles. The molecule has 5 nitrogen and oxygen atoms in total. The highest BCUT2D eigenvalue weighted by atomic mass is 16.5. The van der Waals surface area contributed by atoms with Gasteiger partial charge in [-0.3, -0.25) is 9.59 Å². The lowest BCUT2D eigenvalue weighted by Crippen LogP contribution is -2.25. The van der Waals surface area contributed by atoms with E-state index in [1.165, 1.54) is 0 Å². The van der Waals surface area contributed by atoms with Crippen LogP contribution in [-0.2, 0) is 11.2 Å². The third kappa shape index (κ3) is 4.35. The maximum atomic E-state index is 13.1. The van der Waals surface area contributed by atoms with Crippen molar-refractivity contribution in [1.29, 1.82) is 0 Å². The Morgan fingerprint density at radius 3 is 2.40 bits per heavy atom. The Balaban J connectivity index is 1.58. The predicted molar refractivity (Wildman–Crippen MR) is 115 cm³/mol. The van der Waals surface area contributed by atoms with Gasteiger partial charge >= 0.3 is 0 Å². The van der Waals surface area contributed by atoms with Crippen LogP contribution in [0.1, 0.15) is 40.4 Å². The Morgan fingerprint density at radius 2 is 1.67 bits per heavy atom. The number of anilines is 1. The Bertz CT molecular complexity index is 1040. The summed E-state index contributed by atoms with van der Waals surface area (Å²) in [4.78, 5) is 25.2. The Kier molecular flexibility index (Phi) is 5.80. The Hall–Kier alpha value is -3.60. The summed E-state index contributed by atoms with van der Waals surface area (Å²) in [6.07, 6.45) is 1.44. The maximum absolute atomic E-state index is 13.1. The molecule has 1 N–H and O–H groups in total. The van der Waals surface area contributed by atoms with Crippen LogP contribution in [0.3, 0.4) is 0 Å². The van der Waals surface area contributed by atoms with Gasteiger partial charge in [0.05, 0.1) is 7.11 Å². The van der Waals surface area contributed by atoms with E-state index in [2.05, 4.69) is 5.32 Å². The fourth-order valence-corrected chi connectivity index (χ4v) is 3.62. The fraction of sp³-hybridized carbons (Fsp3) is 0.200. The van der Waals surface area contributed by atoms with E-state index in [1.54, 1.807) is 43.5 Å². The van der Waals surface area contributed by atoms with Crippen LogP contribution in [0.25, 0.3) is 0 Å². The van der Waals surface area contributed by atoms with E-state index >= 15 is 0 Å². The van der Waals surface area contributed by atoms with Gasteiger partial charge in [-0.05, 0) is 60.9 Å². The van der Waals surface area contributed by atoms with Crippen LogP contribution in [0.15, 0.2) is 72.8 Å². The number of methoxy groups -OCH3 is 1. The second-order valence-electron chi connectivity index (χ2n) is 7.22. The van der Waals surface area contributed by atoms with Crippen molar-refractivity contribution in [1.82, 2.24) is 0 Å². The number of carbonyl (C=O) groups excluding carboxylic acids is 2. The summed E-state index contributed by atoms with van der Waals surface area (Å²) in [5.74, 6) is 1.18. The fourth-order valence-electron chi connectivity index (χ4n) is 3.62. The second-order valence-corrected chi connectivity index (χ2v) is 7.22. The van der Waals surface area contributed by atoms with Gasteiger partial charge in [0.1, 0.15) is 11.5 Å². The third-order valence-corrected chi connectivity index (χ3v) is 5.18. The largest absolute Gasteiger partial charge is 0.497 e. The van der Waals surface area contributed by atoms with Gasteiger partial charge in [0, 0.05) is 23.2 Å². The molecule has 1 aliphatic rings. The standard InChI is InChI=1S/C25H23NO4/c1-29-20-12-10-19(11-13-20)26-25(28)24(17-6-3-2-4-7-17)30-21-14-15-22-18(16-21)8-5-9-23(22)27/h2-4,6-7,10-16,24H,5,8-9H2,1H3,(H,26,28). The van der Waals surface area contributed by atoms with E-state index in [1.807, 2.05) is 36.4 Å². The lowest BCUT2D eigenvalue weighted by atomic mass is 9.90. The van der Waals surface area contributed by atoms with Crippen molar-refractivity contribution < 1.29 is 19.1 Å². The molecule has 0 saturated heterocycles. The number of ketones is 1. The average molecular weight is 401 g/mol. The molecule has 1 atom stereocenters. The molecule has 0 aromatic heterocycles. The lowest BCUT2D eigenvalue weighted by molar-refractivity contribution is -0.123. The molecule has 0 radical (unpaired) electrons.